The Bertz CT molecular complexity index is 387. The lowest BCUT2D eigenvalue weighted by atomic mass is 9.88. The largest absolute Gasteiger partial charge is 0.478 e. The average molecular weight is 271 g/mol. The summed E-state index contributed by atoms with van der Waals surface area (Å²) >= 11 is 1.46. The first kappa shape index (κ1) is 15.1. The Hall–Kier alpha value is -0.910. The van der Waals surface area contributed by atoms with Crippen molar-refractivity contribution in [3.63, 3.8) is 0 Å². The molecule has 1 aromatic rings. The van der Waals surface area contributed by atoms with Crippen molar-refractivity contribution in [3.8, 4) is 0 Å². The maximum absolute atomic E-state index is 10.7. The standard InChI is InChI=1S/C13H21NO3S/c1-13(2,4-3-5-15)9-14-7-11-6-10(8-18-11)12(16)17/h6,8,14-15H,3-5,7,9H2,1-2H3,(H,16,17). The van der Waals surface area contributed by atoms with Crippen molar-refractivity contribution in [2.24, 2.45) is 5.41 Å². The Labute approximate surface area is 112 Å². The van der Waals surface area contributed by atoms with Gasteiger partial charge in [0.15, 0.2) is 0 Å². The van der Waals surface area contributed by atoms with Gasteiger partial charge in [-0.05, 0) is 24.3 Å². The number of carboxylic acids is 1. The van der Waals surface area contributed by atoms with Gasteiger partial charge in [0.05, 0.1) is 5.56 Å². The first-order valence-electron chi connectivity index (χ1n) is 6.07. The van der Waals surface area contributed by atoms with Crippen molar-refractivity contribution in [1.82, 2.24) is 5.32 Å². The van der Waals surface area contributed by atoms with Crippen LogP contribution in [0.15, 0.2) is 11.4 Å². The van der Waals surface area contributed by atoms with Crippen LogP contribution in [-0.4, -0.2) is 29.3 Å². The van der Waals surface area contributed by atoms with Gasteiger partial charge in [-0.1, -0.05) is 13.8 Å². The van der Waals surface area contributed by atoms with Gasteiger partial charge in [0.2, 0.25) is 0 Å². The SMILES string of the molecule is CC(C)(CCCO)CNCc1cc(C(=O)O)cs1. The van der Waals surface area contributed by atoms with Gasteiger partial charge in [0, 0.05) is 30.0 Å². The molecule has 102 valence electrons. The monoisotopic (exact) mass is 271 g/mol. The number of aliphatic hydroxyl groups is 1. The zero-order valence-electron chi connectivity index (χ0n) is 10.9. The number of hydrogen-bond acceptors (Lipinski definition) is 4. The Morgan fingerprint density at radius 3 is 2.78 bits per heavy atom. The molecule has 0 atom stereocenters. The summed E-state index contributed by atoms with van der Waals surface area (Å²) in [6, 6.07) is 1.71. The van der Waals surface area contributed by atoms with Crippen LogP contribution in [0.4, 0.5) is 0 Å². The summed E-state index contributed by atoms with van der Waals surface area (Å²) in [6.07, 6.45) is 1.79. The predicted molar refractivity (Wildman–Crippen MR) is 73.1 cm³/mol. The van der Waals surface area contributed by atoms with E-state index in [-0.39, 0.29) is 12.0 Å². The highest BCUT2D eigenvalue weighted by Gasteiger charge is 2.16. The minimum atomic E-state index is -0.874. The minimum Gasteiger partial charge on any atom is -0.478 e. The molecule has 1 heterocycles. The van der Waals surface area contributed by atoms with Gasteiger partial charge < -0.3 is 15.5 Å². The lowest BCUT2D eigenvalue weighted by Crippen LogP contribution is -2.29. The van der Waals surface area contributed by atoms with E-state index in [1.54, 1.807) is 11.4 Å². The van der Waals surface area contributed by atoms with Crippen LogP contribution < -0.4 is 5.32 Å². The molecular weight excluding hydrogens is 250 g/mol. The minimum absolute atomic E-state index is 0.148. The molecule has 0 bridgehead atoms. The number of hydrogen-bond donors (Lipinski definition) is 3. The van der Waals surface area contributed by atoms with E-state index in [9.17, 15) is 4.79 Å². The molecule has 1 rings (SSSR count). The van der Waals surface area contributed by atoms with Crippen molar-refractivity contribution >= 4 is 17.3 Å². The van der Waals surface area contributed by atoms with Crippen LogP contribution >= 0.6 is 11.3 Å². The molecule has 0 aliphatic rings. The van der Waals surface area contributed by atoms with E-state index in [4.69, 9.17) is 10.2 Å². The number of aromatic carboxylic acids is 1. The van der Waals surface area contributed by atoms with E-state index in [2.05, 4.69) is 19.2 Å². The summed E-state index contributed by atoms with van der Waals surface area (Å²) in [7, 11) is 0. The Kier molecular flexibility index (Phi) is 5.78. The summed E-state index contributed by atoms with van der Waals surface area (Å²) in [5, 5.41) is 22.6. The van der Waals surface area contributed by atoms with Crippen molar-refractivity contribution in [2.75, 3.05) is 13.2 Å². The molecule has 18 heavy (non-hydrogen) atoms. The normalized spacial score (nSPS) is 11.7. The lowest BCUT2D eigenvalue weighted by Gasteiger charge is -2.24. The van der Waals surface area contributed by atoms with Gasteiger partial charge in [-0.2, -0.15) is 0 Å². The van der Waals surface area contributed by atoms with Gasteiger partial charge in [-0.3, -0.25) is 0 Å². The van der Waals surface area contributed by atoms with E-state index in [1.807, 2.05) is 0 Å². The second-order valence-electron chi connectivity index (χ2n) is 5.20. The molecule has 1 aromatic heterocycles. The molecule has 0 fully saturated rings. The topological polar surface area (TPSA) is 69.6 Å². The van der Waals surface area contributed by atoms with Crippen LogP contribution in [0, 0.1) is 5.41 Å². The van der Waals surface area contributed by atoms with Gasteiger partial charge in [0.1, 0.15) is 0 Å². The molecule has 0 aliphatic heterocycles. The summed E-state index contributed by atoms with van der Waals surface area (Å²) in [6.45, 7) is 6.10. The number of rotatable bonds is 8. The van der Waals surface area contributed by atoms with Crippen LogP contribution in [0.25, 0.3) is 0 Å². The zero-order valence-corrected chi connectivity index (χ0v) is 11.7. The highest BCUT2D eigenvalue weighted by Crippen LogP contribution is 2.21. The molecule has 0 spiro atoms. The molecule has 0 unspecified atom stereocenters. The van der Waals surface area contributed by atoms with Crippen LogP contribution in [0.3, 0.4) is 0 Å². The summed E-state index contributed by atoms with van der Waals surface area (Å²) in [5.74, 6) is -0.874. The third-order valence-corrected chi connectivity index (χ3v) is 3.75. The third kappa shape index (κ3) is 5.16. The van der Waals surface area contributed by atoms with Gasteiger partial charge in [-0.15, -0.1) is 11.3 Å². The zero-order chi connectivity index (χ0) is 13.6. The van der Waals surface area contributed by atoms with E-state index in [1.165, 1.54) is 11.3 Å². The maximum Gasteiger partial charge on any atom is 0.336 e. The number of carbonyl (C=O) groups is 1. The van der Waals surface area contributed by atoms with Crippen molar-refractivity contribution < 1.29 is 15.0 Å². The molecule has 5 heteroatoms. The molecule has 0 saturated carbocycles. The molecule has 0 aliphatic carbocycles. The summed E-state index contributed by atoms with van der Waals surface area (Å²) in [5.41, 5.74) is 0.506. The smallest absolute Gasteiger partial charge is 0.336 e. The van der Waals surface area contributed by atoms with E-state index in [0.29, 0.717) is 12.1 Å². The van der Waals surface area contributed by atoms with Crippen molar-refractivity contribution in [2.45, 2.75) is 33.2 Å². The first-order valence-corrected chi connectivity index (χ1v) is 6.95. The molecule has 0 aromatic carbocycles. The van der Waals surface area contributed by atoms with Crippen molar-refractivity contribution in [3.05, 3.63) is 21.9 Å². The van der Waals surface area contributed by atoms with Crippen LogP contribution in [-0.2, 0) is 6.54 Å². The van der Waals surface area contributed by atoms with Gasteiger partial charge >= 0.3 is 5.97 Å². The van der Waals surface area contributed by atoms with Gasteiger partial charge in [0.25, 0.3) is 0 Å². The Balaban J connectivity index is 2.34. The third-order valence-electron chi connectivity index (χ3n) is 2.82. The van der Waals surface area contributed by atoms with Gasteiger partial charge in [-0.25, -0.2) is 4.79 Å². The quantitative estimate of drug-likeness (QED) is 0.679. The number of carboxylic acid groups (broad SMARTS) is 1. The highest BCUT2D eigenvalue weighted by molar-refractivity contribution is 7.10. The molecular formula is C13H21NO3S. The van der Waals surface area contributed by atoms with E-state index >= 15 is 0 Å². The Morgan fingerprint density at radius 1 is 1.50 bits per heavy atom. The average Bonchev–Trinajstić information content (AvgIpc) is 2.75. The van der Waals surface area contributed by atoms with E-state index < -0.39 is 5.97 Å². The summed E-state index contributed by atoms with van der Waals surface area (Å²) in [4.78, 5) is 11.8. The van der Waals surface area contributed by atoms with Crippen LogP contribution in [0.1, 0.15) is 41.9 Å². The summed E-state index contributed by atoms with van der Waals surface area (Å²) < 4.78 is 0. The highest BCUT2D eigenvalue weighted by atomic mass is 32.1. The van der Waals surface area contributed by atoms with Crippen LogP contribution in [0.2, 0.25) is 0 Å². The second-order valence-corrected chi connectivity index (χ2v) is 6.20. The van der Waals surface area contributed by atoms with Crippen LogP contribution in [0.5, 0.6) is 0 Å². The number of nitrogens with one attached hydrogen (secondary N) is 1. The molecule has 0 saturated heterocycles. The van der Waals surface area contributed by atoms with Crippen molar-refractivity contribution in [1.29, 1.82) is 0 Å². The second kappa shape index (κ2) is 6.87. The fourth-order valence-electron chi connectivity index (χ4n) is 1.76. The fourth-order valence-corrected chi connectivity index (χ4v) is 2.58. The molecule has 0 radical (unpaired) electrons. The molecule has 3 N–H and O–H groups in total. The first-order chi connectivity index (χ1) is 8.44. The van der Waals surface area contributed by atoms with E-state index in [0.717, 1.165) is 24.3 Å². The molecule has 4 nitrogen and oxygen atoms in total. The fraction of sp³-hybridized carbons (Fsp3) is 0.615. The maximum atomic E-state index is 10.7. The Morgan fingerprint density at radius 2 is 2.22 bits per heavy atom. The number of thiophene rings is 1. The predicted octanol–water partition coefficient (Wildman–Crippen LogP) is 2.33. The lowest BCUT2D eigenvalue weighted by molar-refractivity contribution is 0.0697. The molecule has 0 amide bonds. The number of aliphatic hydroxyl groups excluding tert-OH is 1.